The maximum absolute atomic E-state index is 13.3. The Labute approximate surface area is 189 Å². The first kappa shape index (κ1) is 24.2. The second-order valence-electron chi connectivity index (χ2n) is 7.87. The van der Waals surface area contributed by atoms with Gasteiger partial charge in [0.1, 0.15) is 6.04 Å². The van der Waals surface area contributed by atoms with Crippen molar-refractivity contribution in [1.82, 2.24) is 10.2 Å². The molecule has 0 saturated heterocycles. The van der Waals surface area contributed by atoms with E-state index in [2.05, 4.69) is 5.32 Å². The molecule has 0 bridgehead atoms. The third-order valence-electron chi connectivity index (χ3n) is 5.35. The van der Waals surface area contributed by atoms with Crippen molar-refractivity contribution in [1.29, 1.82) is 0 Å². The van der Waals surface area contributed by atoms with Crippen LogP contribution < -0.4 is 5.32 Å². The fourth-order valence-corrected chi connectivity index (χ4v) is 3.46. The van der Waals surface area contributed by atoms with Crippen LogP contribution in [0.25, 0.3) is 0 Å². The molecule has 0 aromatic heterocycles. The Balaban J connectivity index is 2.30. The summed E-state index contributed by atoms with van der Waals surface area (Å²) in [7, 11) is 0. The third-order valence-corrected chi connectivity index (χ3v) is 6.09. The summed E-state index contributed by atoms with van der Waals surface area (Å²) in [6, 6.07) is 10.8. The number of amides is 2. The van der Waals surface area contributed by atoms with Crippen molar-refractivity contribution >= 4 is 35.0 Å². The van der Waals surface area contributed by atoms with Crippen LogP contribution in [-0.4, -0.2) is 28.8 Å². The number of hydrogen-bond donors (Lipinski definition) is 1. The van der Waals surface area contributed by atoms with Crippen LogP contribution in [0.2, 0.25) is 10.0 Å². The van der Waals surface area contributed by atoms with Gasteiger partial charge in [-0.3, -0.25) is 9.59 Å². The predicted molar refractivity (Wildman–Crippen MR) is 124 cm³/mol. The molecule has 0 aliphatic carbocycles. The van der Waals surface area contributed by atoms with Gasteiger partial charge in [-0.2, -0.15) is 0 Å². The Morgan fingerprint density at radius 1 is 1.03 bits per heavy atom. The van der Waals surface area contributed by atoms with Crippen LogP contribution in [0.3, 0.4) is 0 Å². The van der Waals surface area contributed by atoms with E-state index < -0.39 is 6.04 Å². The summed E-state index contributed by atoms with van der Waals surface area (Å²) < 4.78 is 0. The van der Waals surface area contributed by atoms with Crippen LogP contribution >= 0.6 is 23.2 Å². The third kappa shape index (κ3) is 6.48. The minimum atomic E-state index is -0.619. The van der Waals surface area contributed by atoms with Gasteiger partial charge in [0.2, 0.25) is 11.8 Å². The Morgan fingerprint density at radius 2 is 1.73 bits per heavy atom. The van der Waals surface area contributed by atoms with Crippen LogP contribution in [0.4, 0.5) is 0 Å². The molecule has 0 aliphatic heterocycles. The largest absolute Gasteiger partial charge is 0.352 e. The smallest absolute Gasteiger partial charge is 0.242 e. The van der Waals surface area contributed by atoms with Gasteiger partial charge in [0, 0.05) is 12.6 Å². The Hall–Kier alpha value is -2.04. The van der Waals surface area contributed by atoms with Crippen LogP contribution in [-0.2, 0) is 22.6 Å². The molecule has 2 aromatic carbocycles. The molecule has 1 N–H and O–H groups in total. The number of rotatable bonds is 8. The number of carbonyl (C=O) groups excluding carboxylic acids is 2. The Bertz CT molecular complexity index is 914. The average molecular weight is 449 g/mol. The molecule has 0 radical (unpaired) electrons. The van der Waals surface area contributed by atoms with E-state index in [-0.39, 0.29) is 30.8 Å². The van der Waals surface area contributed by atoms with Gasteiger partial charge < -0.3 is 10.2 Å². The van der Waals surface area contributed by atoms with Gasteiger partial charge in [0.05, 0.1) is 16.5 Å². The van der Waals surface area contributed by atoms with E-state index in [4.69, 9.17) is 23.2 Å². The predicted octanol–water partition coefficient (Wildman–Crippen LogP) is 5.48. The topological polar surface area (TPSA) is 49.4 Å². The Morgan fingerprint density at radius 3 is 2.37 bits per heavy atom. The summed E-state index contributed by atoms with van der Waals surface area (Å²) in [5.74, 6) is -0.278. The summed E-state index contributed by atoms with van der Waals surface area (Å²) in [5, 5.41) is 3.85. The van der Waals surface area contributed by atoms with E-state index in [0.717, 1.165) is 28.7 Å². The highest BCUT2D eigenvalue weighted by Gasteiger charge is 2.27. The highest BCUT2D eigenvalue weighted by Crippen LogP contribution is 2.24. The maximum Gasteiger partial charge on any atom is 0.242 e. The molecule has 2 atom stereocenters. The van der Waals surface area contributed by atoms with E-state index in [1.807, 2.05) is 52.0 Å². The molecule has 0 unspecified atom stereocenters. The van der Waals surface area contributed by atoms with Gasteiger partial charge in [-0.1, -0.05) is 60.0 Å². The van der Waals surface area contributed by atoms with Crippen molar-refractivity contribution in [2.45, 2.75) is 66.1 Å². The van der Waals surface area contributed by atoms with Crippen LogP contribution in [0.1, 0.15) is 49.4 Å². The summed E-state index contributed by atoms with van der Waals surface area (Å²) in [6.45, 7) is 9.99. The summed E-state index contributed by atoms with van der Waals surface area (Å²) in [4.78, 5) is 27.7. The number of carbonyl (C=O) groups is 2. The molecule has 162 valence electrons. The molecule has 2 rings (SSSR count). The lowest BCUT2D eigenvalue weighted by atomic mass is 10.0. The van der Waals surface area contributed by atoms with Gasteiger partial charge in [-0.15, -0.1) is 0 Å². The fourth-order valence-electron chi connectivity index (χ4n) is 3.14. The van der Waals surface area contributed by atoms with Gasteiger partial charge in [-0.05, 0) is 62.9 Å². The standard InChI is InChI=1S/C24H30Cl2N2O2/c1-6-17(4)27-24(30)18(5)28(14-19-9-10-21(25)22(26)12-19)23(29)13-20-11-15(2)7-8-16(20)3/h7-12,17-18H,6,13-14H2,1-5H3,(H,27,30)/t17-,18+/m1/s1. The molecule has 0 fully saturated rings. The first-order chi connectivity index (χ1) is 14.1. The quantitative estimate of drug-likeness (QED) is 0.580. The zero-order valence-electron chi connectivity index (χ0n) is 18.3. The lowest BCUT2D eigenvalue weighted by molar-refractivity contribution is -0.140. The number of halogens is 2. The van der Waals surface area contributed by atoms with Gasteiger partial charge in [0.25, 0.3) is 0 Å². The normalized spacial score (nSPS) is 12.9. The average Bonchev–Trinajstić information content (AvgIpc) is 2.70. The SMILES string of the molecule is CC[C@@H](C)NC(=O)[C@H](C)N(Cc1ccc(Cl)c(Cl)c1)C(=O)Cc1cc(C)ccc1C. The minimum absolute atomic E-state index is 0.0425. The van der Waals surface area contributed by atoms with E-state index in [1.165, 1.54) is 0 Å². The van der Waals surface area contributed by atoms with Crippen molar-refractivity contribution in [2.24, 2.45) is 0 Å². The highest BCUT2D eigenvalue weighted by atomic mass is 35.5. The second-order valence-corrected chi connectivity index (χ2v) is 8.69. The van der Waals surface area contributed by atoms with Crippen molar-refractivity contribution < 1.29 is 9.59 Å². The molecular formula is C24H30Cl2N2O2. The van der Waals surface area contributed by atoms with Crippen LogP contribution in [0.15, 0.2) is 36.4 Å². The molecule has 0 aliphatic rings. The van der Waals surface area contributed by atoms with E-state index in [1.54, 1.807) is 24.0 Å². The van der Waals surface area contributed by atoms with Crippen molar-refractivity contribution in [3.05, 3.63) is 68.7 Å². The molecule has 0 heterocycles. The van der Waals surface area contributed by atoms with Gasteiger partial charge in [0.15, 0.2) is 0 Å². The minimum Gasteiger partial charge on any atom is -0.352 e. The molecule has 2 aromatic rings. The second kappa shape index (κ2) is 10.8. The molecule has 2 amide bonds. The zero-order chi connectivity index (χ0) is 22.4. The molecular weight excluding hydrogens is 419 g/mol. The molecule has 0 saturated carbocycles. The molecule has 6 heteroatoms. The van der Waals surface area contributed by atoms with E-state index in [0.29, 0.717) is 10.0 Å². The van der Waals surface area contributed by atoms with Crippen LogP contribution in [0, 0.1) is 13.8 Å². The number of benzene rings is 2. The maximum atomic E-state index is 13.3. The lowest BCUT2D eigenvalue weighted by Crippen LogP contribution is -2.49. The molecule has 4 nitrogen and oxygen atoms in total. The first-order valence-corrected chi connectivity index (χ1v) is 11.0. The van der Waals surface area contributed by atoms with Crippen LogP contribution in [0.5, 0.6) is 0 Å². The highest BCUT2D eigenvalue weighted by molar-refractivity contribution is 6.42. The number of hydrogen-bond acceptors (Lipinski definition) is 2. The number of aryl methyl sites for hydroxylation is 2. The van der Waals surface area contributed by atoms with Crippen molar-refractivity contribution in [2.75, 3.05) is 0 Å². The summed E-state index contributed by atoms with van der Waals surface area (Å²) >= 11 is 12.2. The fraction of sp³-hybridized carbons (Fsp3) is 0.417. The molecule has 0 spiro atoms. The Kier molecular flexibility index (Phi) is 8.75. The number of nitrogens with one attached hydrogen (secondary N) is 1. The summed E-state index contributed by atoms with van der Waals surface area (Å²) in [5.41, 5.74) is 3.94. The summed E-state index contributed by atoms with van der Waals surface area (Å²) in [6.07, 6.45) is 1.05. The zero-order valence-corrected chi connectivity index (χ0v) is 19.8. The number of nitrogens with zero attached hydrogens (tertiary/aromatic N) is 1. The van der Waals surface area contributed by atoms with E-state index in [9.17, 15) is 9.59 Å². The first-order valence-electron chi connectivity index (χ1n) is 10.2. The van der Waals surface area contributed by atoms with Gasteiger partial charge in [-0.25, -0.2) is 0 Å². The molecule has 30 heavy (non-hydrogen) atoms. The van der Waals surface area contributed by atoms with Crippen molar-refractivity contribution in [3.8, 4) is 0 Å². The van der Waals surface area contributed by atoms with Gasteiger partial charge >= 0.3 is 0 Å². The monoisotopic (exact) mass is 448 g/mol. The lowest BCUT2D eigenvalue weighted by Gasteiger charge is -2.30. The van der Waals surface area contributed by atoms with E-state index >= 15 is 0 Å². The van der Waals surface area contributed by atoms with Crippen molar-refractivity contribution in [3.63, 3.8) is 0 Å².